The standard InChI is InChI=1S/C20H24N4O/c1-23(2)20-21-10-17(11-22-20)16-8-18-13-25-14-19(9-16)24(18)12-15-6-4-3-5-7-15/h3-8,10-11,18-19H,9,12-14H2,1-2H3. The van der Waals surface area contributed by atoms with Crippen LogP contribution in [0.5, 0.6) is 0 Å². The number of anilines is 1. The fraction of sp³-hybridized carbons (Fsp3) is 0.400. The van der Waals surface area contributed by atoms with Crippen molar-refractivity contribution < 1.29 is 4.74 Å². The van der Waals surface area contributed by atoms with E-state index in [4.69, 9.17) is 4.74 Å². The first kappa shape index (κ1) is 16.2. The smallest absolute Gasteiger partial charge is 0.224 e. The summed E-state index contributed by atoms with van der Waals surface area (Å²) >= 11 is 0. The van der Waals surface area contributed by atoms with Crippen LogP contribution in [-0.4, -0.2) is 54.3 Å². The average Bonchev–Trinajstić information content (AvgIpc) is 2.62. The quantitative estimate of drug-likeness (QED) is 0.858. The second-order valence-corrected chi connectivity index (χ2v) is 6.98. The van der Waals surface area contributed by atoms with Gasteiger partial charge in [-0.05, 0) is 17.6 Å². The maximum atomic E-state index is 5.82. The van der Waals surface area contributed by atoms with E-state index in [1.165, 1.54) is 11.1 Å². The Morgan fingerprint density at radius 2 is 1.88 bits per heavy atom. The second kappa shape index (κ2) is 6.94. The van der Waals surface area contributed by atoms with Gasteiger partial charge in [-0.25, -0.2) is 9.97 Å². The molecule has 1 fully saturated rings. The van der Waals surface area contributed by atoms with E-state index in [2.05, 4.69) is 51.3 Å². The van der Waals surface area contributed by atoms with Crippen LogP contribution in [0.25, 0.3) is 5.57 Å². The summed E-state index contributed by atoms with van der Waals surface area (Å²) in [5.41, 5.74) is 3.82. The predicted octanol–water partition coefficient (Wildman–Crippen LogP) is 2.60. The topological polar surface area (TPSA) is 41.5 Å². The van der Waals surface area contributed by atoms with Crippen molar-refractivity contribution in [3.8, 4) is 0 Å². The van der Waals surface area contributed by atoms with Crippen LogP contribution in [0.15, 0.2) is 48.8 Å². The van der Waals surface area contributed by atoms with Crippen molar-refractivity contribution in [3.05, 3.63) is 59.9 Å². The largest absolute Gasteiger partial charge is 0.378 e. The molecule has 2 bridgehead atoms. The molecular weight excluding hydrogens is 312 g/mol. The number of ether oxygens (including phenoxy) is 1. The van der Waals surface area contributed by atoms with E-state index in [-0.39, 0.29) is 0 Å². The lowest BCUT2D eigenvalue weighted by Crippen LogP contribution is -2.53. The van der Waals surface area contributed by atoms with Gasteiger partial charge in [0.15, 0.2) is 0 Å². The zero-order chi connectivity index (χ0) is 17.2. The molecule has 3 heterocycles. The van der Waals surface area contributed by atoms with Crippen LogP contribution in [-0.2, 0) is 11.3 Å². The average molecular weight is 336 g/mol. The highest BCUT2D eigenvalue weighted by Crippen LogP contribution is 2.33. The van der Waals surface area contributed by atoms with Gasteiger partial charge in [-0.3, -0.25) is 4.90 Å². The fourth-order valence-corrected chi connectivity index (χ4v) is 3.63. The number of aromatic nitrogens is 2. The first-order valence-corrected chi connectivity index (χ1v) is 8.78. The molecule has 0 aliphatic carbocycles. The van der Waals surface area contributed by atoms with Crippen molar-refractivity contribution in [1.29, 1.82) is 0 Å². The Balaban J connectivity index is 1.56. The van der Waals surface area contributed by atoms with Gasteiger partial charge in [-0.15, -0.1) is 0 Å². The molecular formula is C20H24N4O. The third kappa shape index (κ3) is 3.43. The number of benzene rings is 1. The van der Waals surface area contributed by atoms with Gasteiger partial charge in [0, 0.05) is 44.6 Å². The summed E-state index contributed by atoms with van der Waals surface area (Å²) < 4.78 is 5.82. The number of fused-ring (bicyclic) bond motifs is 2. The summed E-state index contributed by atoms with van der Waals surface area (Å²) in [5.74, 6) is 0.745. The van der Waals surface area contributed by atoms with E-state index < -0.39 is 0 Å². The molecule has 25 heavy (non-hydrogen) atoms. The van der Waals surface area contributed by atoms with E-state index in [1.54, 1.807) is 0 Å². The molecule has 0 amide bonds. The van der Waals surface area contributed by atoms with Gasteiger partial charge in [0.1, 0.15) is 0 Å². The Morgan fingerprint density at radius 3 is 2.56 bits per heavy atom. The van der Waals surface area contributed by atoms with Crippen molar-refractivity contribution in [3.63, 3.8) is 0 Å². The van der Waals surface area contributed by atoms with E-state index in [0.717, 1.165) is 37.7 Å². The van der Waals surface area contributed by atoms with Crippen molar-refractivity contribution in [2.45, 2.75) is 25.0 Å². The molecule has 5 nitrogen and oxygen atoms in total. The normalized spacial score (nSPS) is 23.2. The molecule has 130 valence electrons. The Kier molecular flexibility index (Phi) is 4.51. The zero-order valence-corrected chi connectivity index (χ0v) is 14.8. The van der Waals surface area contributed by atoms with Gasteiger partial charge in [-0.2, -0.15) is 0 Å². The molecule has 0 saturated carbocycles. The molecule has 1 saturated heterocycles. The molecule has 2 atom stereocenters. The van der Waals surface area contributed by atoms with E-state index >= 15 is 0 Å². The summed E-state index contributed by atoms with van der Waals surface area (Å²) in [6.07, 6.45) is 7.20. The highest BCUT2D eigenvalue weighted by molar-refractivity contribution is 5.67. The maximum Gasteiger partial charge on any atom is 0.224 e. The van der Waals surface area contributed by atoms with Crippen LogP contribution in [0.2, 0.25) is 0 Å². The highest BCUT2D eigenvalue weighted by atomic mass is 16.5. The van der Waals surface area contributed by atoms with Crippen molar-refractivity contribution in [1.82, 2.24) is 14.9 Å². The van der Waals surface area contributed by atoms with Gasteiger partial charge < -0.3 is 9.64 Å². The van der Waals surface area contributed by atoms with Gasteiger partial charge in [0.05, 0.1) is 19.3 Å². The molecule has 5 heteroatoms. The molecule has 0 radical (unpaired) electrons. The monoisotopic (exact) mass is 336 g/mol. The first-order valence-electron chi connectivity index (χ1n) is 8.78. The molecule has 2 aliphatic rings. The Hall–Kier alpha value is -2.24. The first-order chi connectivity index (χ1) is 12.2. The van der Waals surface area contributed by atoms with Crippen LogP contribution in [0.1, 0.15) is 17.5 Å². The molecule has 2 aliphatic heterocycles. The van der Waals surface area contributed by atoms with E-state index in [1.807, 2.05) is 31.4 Å². The minimum absolute atomic E-state index is 0.316. The number of nitrogens with zero attached hydrogens (tertiary/aromatic N) is 4. The van der Waals surface area contributed by atoms with Gasteiger partial charge in [0.25, 0.3) is 0 Å². The minimum atomic E-state index is 0.316. The third-order valence-electron chi connectivity index (χ3n) is 4.96. The number of morpholine rings is 1. The Morgan fingerprint density at radius 1 is 1.12 bits per heavy atom. The maximum absolute atomic E-state index is 5.82. The van der Waals surface area contributed by atoms with Crippen LogP contribution < -0.4 is 4.90 Å². The molecule has 0 N–H and O–H groups in total. The molecule has 2 unspecified atom stereocenters. The predicted molar refractivity (Wildman–Crippen MR) is 99.3 cm³/mol. The van der Waals surface area contributed by atoms with Crippen molar-refractivity contribution in [2.75, 3.05) is 32.2 Å². The van der Waals surface area contributed by atoms with Crippen LogP contribution >= 0.6 is 0 Å². The summed E-state index contributed by atoms with van der Waals surface area (Å²) in [6.45, 7) is 2.51. The summed E-state index contributed by atoms with van der Waals surface area (Å²) in [5, 5.41) is 0. The lowest BCUT2D eigenvalue weighted by Gasteiger charge is -2.44. The van der Waals surface area contributed by atoms with Crippen LogP contribution in [0.3, 0.4) is 0 Å². The third-order valence-corrected chi connectivity index (χ3v) is 4.96. The van der Waals surface area contributed by atoms with Crippen molar-refractivity contribution >= 4 is 11.5 Å². The van der Waals surface area contributed by atoms with Crippen LogP contribution in [0, 0.1) is 0 Å². The van der Waals surface area contributed by atoms with E-state index in [0.29, 0.717) is 12.1 Å². The van der Waals surface area contributed by atoms with Crippen LogP contribution in [0.4, 0.5) is 5.95 Å². The Labute approximate surface area is 149 Å². The molecule has 1 aromatic carbocycles. The Bertz CT molecular complexity index is 742. The highest BCUT2D eigenvalue weighted by Gasteiger charge is 2.34. The summed E-state index contributed by atoms with van der Waals surface area (Å²) in [7, 11) is 3.91. The lowest BCUT2D eigenvalue weighted by atomic mass is 9.90. The SMILES string of the molecule is CN(C)c1ncc(C2=CC3COCC(C2)N3Cc2ccccc2)cn1. The fourth-order valence-electron chi connectivity index (χ4n) is 3.63. The number of rotatable bonds is 4. The van der Waals surface area contributed by atoms with Crippen molar-refractivity contribution in [2.24, 2.45) is 0 Å². The summed E-state index contributed by atoms with van der Waals surface area (Å²) in [4.78, 5) is 13.4. The van der Waals surface area contributed by atoms with Gasteiger partial charge in [-0.1, -0.05) is 36.4 Å². The molecule has 1 aromatic heterocycles. The molecule has 2 aromatic rings. The lowest BCUT2D eigenvalue weighted by molar-refractivity contribution is -0.0402. The summed E-state index contributed by atoms with van der Waals surface area (Å²) in [6, 6.07) is 11.4. The van der Waals surface area contributed by atoms with Gasteiger partial charge in [0.2, 0.25) is 5.95 Å². The molecule has 0 spiro atoms. The number of hydrogen-bond donors (Lipinski definition) is 0. The molecule has 4 rings (SSSR count). The van der Waals surface area contributed by atoms with Gasteiger partial charge >= 0.3 is 0 Å². The van der Waals surface area contributed by atoms with E-state index in [9.17, 15) is 0 Å². The second-order valence-electron chi connectivity index (χ2n) is 6.98. The number of hydrogen-bond acceptors (Lipinski definition) is 5. The minimum Gasteiger partial charge on any atom is -0.378 e. The zero-order valence-electron chi connectivity index (χ0n) is 14.8.